The van der Waals surface area contributed by atoms with Crippen LogP contribution < -0.4 is 5.56 Å². The number of hydrogen-bond donors (Lipinski definition) is 0. The summed E-state index contributed by atoms with van der Waals surface area (Å²) in [5.41, 5.74) is 1.03. The molecule has 0 bridgehead atoms. The summed E-state index contributed by atoms with van der Waals surface area (Å²) in [7, 11) is 1.74. The third-order valence-electron chi connectivity index (χ3n) is 3.42. The molecule has 23 heavy (non-hydrogen) atoms. The predicted octanol–water partition coefficient (Wildman–Crippen LogP) is 2.66. The van der Waals surface area contributed by atoms with Gasteiger partial charge in [-0.05, 0) is 27.4 Å². The molecule has 0 atom stereocenters. The van der Waals surface area contributed by atoms with E-state index in [-0.39, 0.29) is 12.1 Å². The van der Waals surface area contributed by atoms with E-state index in [1.54, 1.807) is 23.1 Å². The molecular formula is C14H10BrN5O2S. The molecule has 4 aromatic heterocycles. The molecule has 4 heterocycles. The third kappa shape index (κ3) is 2.41. The smallest absolute Gasteiger partial charge is 0.266 e. The quantitative estimate of drug-likeness (QED) is 0.536. The number of rotatable bonds is 3. The summed E-state index contributed by atoms with van der Waals surface area (Å²) in [5.74, 6) is 0.694. The molecule has 0 aromatic carbocycles. The highest BCUT2D eigenvalue weighted by atomic mass is 79.9. The van der Waals surface area contributed by atoms with Crippen LogP contribution in [-0.4, -0.2) is 24.5 Å². The van der Waals surface area contributed by atoms with Gasteiger partial charge in [-0.3, -0.25) is 9.36 Å². The molecule has 0 aliphatic heterocycles. The van der Waals surface area contributed by atoms with Crippen LogP contribution in [-0.2, 0) is 13.6 Å². The van der Waals surface area contributed by atoms with Gasteiger partial charge in [-0.2, -0.15) is 5.10 Å². The molecule has 0 saturated heterocycles. The minimum absolute atomic E-state index is 0.171. The molecule has 0 spiro atoms. The molecular weight excluding hydrogens is 382 g/mol. The van der Waals surface area contributed by atoms with Crippen LogP contribution in [0, 0.1) is 0 Å². The Morgan fingerprint density at radius 3 is 3.09 bits per heavy atom. The zero-order valence-corrected chi connectivity index (χ0v) is 14.3. The molecule has 4 rings (SSSR count). The Labute approximate surface area is 142 Å². The fourth-order valence-corrected chi connectivity index (χ4v) is 3.60. The van der Waals surface area contributed by atoms with E-state index >= 15 is 0 Å². The first kappa shape index (κ1) is 14.3. The normalized spacial score (nSPS) is 11.4. The van der Waals surface area contributed by atoms with Crippen LogP contribution in [0.25, 0.3) is 21.7 Å². The third-order valence-corrected chi connectivity index (χ3v) is 4.86. The lowest BCUT2D eigenvalue weighted by Crippen LogP contribution is -2.21. The molecule has 7 nitrogen and oxygen atoms in total. The highest BCUT2D eigenvalue weighted by Crippen LogP contribution is 2.25. The van der Waals surface area contributed by atoms with Crippen LogP contribution in [0.4, 0.5) is 0 Å². The molecule has 0 amide bonds. The standard InChI is InChI=1S/C14H10BrN5O2S/c1-19-13-11(12(15)17-19)14(21)20(7-16-13)6-8-5-9(22-18-8)10-3-2-4-23-10/h2-5,7H,6H2,1H3. The number of fused-ring (bicyclic) bond motifs is 1. The Morgan fingerprint density at radius 1 is 1.43 bits per heavy atom. The van der Waals surface area contributed by atoms with E-state index in [0.717, 1.165) is 4.88 Å². The average Bonchev–Trinajstić information content (AvgIpc) is 3.23. The van der Waals surface area contributed by atoms with Crippen LogP contribution in [0.5, 0.6) is 0 Å². The van der Waals surface area contributed by atoms with Gasteiger partial charge >= 0.3 is 0 Å². The number of nitrogens with zero attached hydrogens (tertiary/aromatic N) is 5. The van der Waals surface area contributed by atoms with Gasteiger partial charge in [0.1, 0.15) is 22.0 Å². The summed E-state index contributed by atoms with van der Waals surface area (Å²) >= 11 is 4.87. The lowest BCUT2D eigenvalue weighted by molar-refractivity contribution is 0.421. The fourth-order valence-electron chi connectivity index (χ4n) is 2.34. The Hall–Kier alpha value is -2.26. The SMILES string of the molecule is Cn1nc(Br)c2c(=O)n(Cc3cc(-c4cccs4)on3)cnc21. The first-order valence-corrected chi connectivity index (χ1v) is 8.38. The molecule has 0 unspecified atom stereocenters. The maximum atomic E-state index is 12.6. The van der Waals surface area contributed by atoms with E-state index in [4.69, 9.17) is 4.52 Å². The van der Waals surface area contributed by atoms with E-state index in [2.05, 4.69) is 31.2 Å². The molecule has 4 aromatic rings. The summed E-state index contributed by atoms with van der Waals surface area (Å²) < 4.78 is 8.88. The van der Waals surface area contributed by atoms with Crippen molar-refractivity contribution in [2.24, 2.45) is 7.05 Å². The zero-order chi connectivity index (χ0) is 16.0. The molecule has 0 fully saturated rings. The number of hydrogen-bond acceptors (Lipinski definition) is 6. The van der Waals surface area contributed by atoms with Gasteiger partial charge in [0.05, 0.1) is 11.4 Å². The second kappa shape index (κ2) is 5.43. The van der Waals surface area contributed by atoms with Crippen molar-refractivity contribution >= 4 is 38.3 Å². The van der Waals surface area contributed by atoms with Crippen molar-refractivity contribution in [3.63, 3.8) is 0 Å². The Kier molecular flexibility index (Phi) is 3.38. The van der Waals surface area contributed by atoms with Gasteiger partial charge in [0.15, 0.2) is 11.4 Å². The maximum Gasteiger partial charge on any atom is 0.266 e. The largest absolute Gasteiger partial charge is 0.355 e. The van der Waals surface area contributed by atoms with E-state index < -0.39 is 0 Å². The fraction of sp³-hybridized carbons (Fsp3) is 0.143. The van der Waals surface area contributed by atoms with E-state index in [9.17, 15) is 4.79 Å². The van der Waals surface area contributed by atoms with Gasteiger partial charge < -0.3 is 4.52 Å². The van der Waals surface area contributed by atoms with Crippen LogP contribution >= 0.6 is 27.3 Å². The van der Waals surface area contributed by atoms with E-state index in [1.165, 1.54) is 10.9 Å². The minimum Gasteiger partial charge on any atom is -0.355 e. The number of thiophene rings is 1. The van der Waals surface area contributed by atoms with Crippen LogP contribution in [0.1, 0.15) is 5.69 Å². The lowest BCUT2D eigenvalue weighted by Gasteiger charge is -2.02. The van der Waals surface area contributed by atoms with Crippen molar-refractivity contribution in [1.82, 2.24) is 24.5 Å². The molecule has 116 valence electrons. The first-order chi connectivity index (χ1) is 11.1. The first-order valence-electron chi connectivity index (χ1n) is 6.70. The highest BCUT2D eigenvalue weighted by Gasteiger charge is 2.15. The molecule has 0 saturated carbocycles. The predicted molar refractivity (Wildman–Crippen MR) is 89.4 cm³/mol. The molecule has 0 radical (unpaired) electrons. The monoisotopic (exact) mass is 391 g/mol. The second-order valence-corrected chi connectivity index (χ2v) is 6.65. The van der Waals surface area contributed by atoms with Crippen molar-refractivity contribution in [1.29, 1.82) is 0 Å². The van der Waals surface area contributed by atoms with Gasteiger partial charge in [0.2, 0.25) is 0 Å². The van der Waals surface area contributed by atoms with E-state index in [0.29, 0.717) is 27.1 Å². The van der Waals surface area contributed by atoms with Crippen LogP contribution in [0.2, 0.25) is 0 Å². The number of aryl methyl sites for hydroxylation is 1. The summed E-state index contributed by atoms with van der Waals surface area (Å²) in [4.78, 5) is 17.9. The summed E-state index contributed by atoms with van der Waals surface area (Å²) in [6.07, 6.45) is 1.50. The van der Waals surface area contributed by atoms with Crippen molar-refractivity contribution in [3.05, 3.63) is 50.6 Å². The number of aromatic nitrogens is 5. The van der Waals surface area contributed by atoms with Gasteiger partial charge in [0, 0.05) is 13.1 Å². The lowest BCUT2D eigenvalue weighted by atomic mass is 10.3. The van der Waals surface area contributed by atoms with Gasteiger partial charge in [-0.1, -0.05) is 11.2 Å². The van der Waals surface area contributed by atoms with Crippen molar-refractivity contribution in [3.8, 4) is 10.6 Å². The number of halogens is 1. The maximum absolute atomic E-state index is 12.6. The summed E-state index contributed by atoms with van der Waals surface area (Å²) in [5, 5.41) is 10.6. The van der Waals surface area contributed by atoms with Crippen molar-refractivity contribution in [2.45, 2.75) is 6.54 Å². The van der Waals surface area contributed by atoms with Crippen molar-refractivity contribution < 1.29 is 4.52 Å². The summed E-state index contributed by atoms with van der Waals surface area (Å²) in [6, 6.07) is 5.74. The van der Waals surface area contributed by atoms with Crippen molar-refractivity contribution in [2.75, 3.05) is 0 Å². The molecule has 0 aliphatic rings. The molecule has 0 aliphatic carbocycles. The van der Waals surface area contributed by atoms with Gasteiger partial charge in [-0.25, -0.2) is 9.67 Å². The molecule has 9 heteroatoms. The van der Waals surface area contributed by atoms with Crippen LogP contribution in [0.3, 0.4) is 0 Å². The summed E-state index contributed by atoms with van der Waals surface area (Å²) in [6.45, 7) is 0.290. The Balaban J connectivity index is 1.72. The zero-order valence-electron chi connectivity index (χ0n) is 11.9. The van der Waals surface area contributed by atoms with Gasteiger partial charge in [-0.15, -0.1) is 11.3 Å². The van der Waals surface area contributed by atoms with Crippen LogP contribution in [0.15, 0.2) is 43.8 Å². The van der Waals surface area contributed by atoms with E-state index in [1.807, 2.05) is 23.6 Å². The topological polar surface area (TPSA) is 78.7 Å². The Bertz CT molecular complexity index is 1050. The Morgan fingerprint density at radius 2 is 2.30 bits per heavy atom. The highest BCUT2D eigenvalue weighted by molar-refractivity contribution is 9.10. The minimum atomic E-state index is -0.171. The van der Waals surface area contributed by atoms with Gasteiger partial charge in [0.25, 0.3) is 5.56 Å². The average molecular weight is 392 g/mol. The second-order valence-electron chi connectivity index (χ2n) is 4.95. The molecule has 0 N–H and O–H groups in total.